The Morgan fingerprint density at radius 2 is 2.16 bits per heavy atom. The minimum absolute atomic E-state index is 0.250. The van der Waals surface area contributed by atoms with Crippen LogP contribution in [0.25, 0.3) is 26.8 Å². The highest BCUT2D eigenvalue weighted by molar-refractivity contribution is 6.03. The molecule has 158 valence electrons. The average molecular weight is 418 g/mol. The summed E-state index contributed by atoms with van der Waals surface area (Å²) in [5, 5.41) is 12.0. The standard InChI is InChI=1S/C21H20N6O.CH2O2/c1-13-8-15(25-28-13)10-20-24-19-11-23-18-5-4-14(22-2)9-17(18)21(19)27(20)16-6-7-26(3)12-16;2-1-3/h4-5,8-9,11,16H,6-7,10,12H2,1,3H3;1H,(H,2,3). The lowest BCUT2D eigenvalue weighted by Crippen LogP contribution is -2.18. The molecule has 4 heterocycles. The Kier molecular flexibility index (Phi) is 5.64. The molecule has 1 atom stereocenters. The molecule has 9 heteroatoms. The topological polar surface area (TPSA) is 102 Å². The van der Waals surface area contributed by atoms with Gasteiger partial charge in [0.05, 0.1) is 35.9 Å². The minimum Gasteiger partial charge on any atom is -0.483 e. The molecule has 0 amide bonds. The van der Waals surface area contributed by atoms with E-state index >= 15 is 0 Å². The fraction of sp³-hybridized carbons (Fsp3) is 0.318. The summed E-state index contributed by atoms with van der Waals surface area (Å²) in [6, 6.07) is 7.95. The van der Waals surface area contributed by atoms with E-state index in [0.717, 1.165) is 58.7 Å². The molecule has 0 radical (unpaired) electrons. The van der Waals surface area contributed by atoms with Gasteiger partial charge in [-0.3, -0.25) is 9.78 Å². The molecule has 1 aromatic carbocycles. The van der Waals surface area contributed by atoms with Gasteiger partial charge in [0, 0.05) is 24.0 Å². The second-order valence-electron chi connectivity index (χ2n) is 7.62. The number of benzene rings is 1. The number of nitrogens with zero attached hydrogens (tertiary/aromatic N) is 6. The maximum absolute atomic E-state index is 8.36. The molecule has 5 rings (SSSR count). The van der Waals surface area contributed by atoms with Gasteiger partial charge < -0.3 is 19.1 Å². The third-order valence-electron chi connectivity index (χ3n) is 5.45. The molecule has 9 nitrogen and oxygen atoms in total. The first-order valence-electron chi connectivity index (χ1n) is 9.89. The SMILES string of the molecule is O=CO.[C-]#[N+]c1ccc2ncc3nc(Cc4cc(C)on4)n(C4CCN(C)C4)c3c2c1. The summed E-state index contributed by atoms with van der Waals surface area (Å²) in [6.45, 7) is 11.1. The Morgan fingerprint density at radius 1 is 1.35 bits per heavy atom. The highest BCUT2D eigenvalue weighted by atomic mass is 16.5. The monoisotopic (exact) mass is 418 g/mol. The Hall–Kier alpha value is -3.77. The summed E-state index contributed by atoms with van der Waals surface area (Å²) in [7, 11) is 2.15. The van der Waals surface area contributed by atoms with Gasteiger partial charge in [0.25, 0.3) is 6.47 Å². The van der Waals surface area contributed by atoms with Gasteiger partial charge in [0.2, 0.25) is 0 Å². The van der Waals surface area contributed by atoms with Crippen LogP contribution in [-0.2, 0) is 11.2 Å². The highest BCUT2D eigenvalue weighted by Crippen LogP contribution is 2.33. The van der Waals surface area contributed by atoms with Crippen molar-refractivity contribution in [1.29, 1.82) is 0 Å². The Labute approximate surface area is 178 Å². The van der Waals surface area contributed by atoms with Crippen molar-refractivity contribution in [3.63, 3.8) is 0 Å². The molecule has 31 heavy (non-hydrogen) atoms. The van der Waals surface area contributed by atoms with Crippen LogP contribution in [0.1, 0.15) is 29.7 Å². The molecule has 0 aliphatic carbocycles. The molecule has 1 unspecified atom stereocenters. The highest BCUT2D eigenvalue weighted by Gasteiger charge is 2.27. The second kappa shape index (κ2) is 8.53. The van der Waals surface area contributed by atoms with E-state index in [4.69, 9.17) is 26.0 Å². The number of carbonyl (C=O) groups is 1. The first-order valence-corrected chi connectivity index (χ1v) is 9.89. The number of aromatic nitrogens is 4. The van der Waals surface area contributed by atoms with E-state index in [1.807, 2.05) is 37.4 Å². The normalized spacial score (nSPS) is 16.2. The van der Waals surface area contributed by atoms with E-state index in [-0.39, 0.29) is 6.47 Å². The summed E-state index contributed by atoms with van der Waals surface area (Å²) in [6.07, 6.45) is 3.51. The first-order chi connectivity index (χ1) is 15.0. The maximum atomic E-state index is 8.36. The van der Waals surface area contributed by atoms with E-state index in [9.17, 15) is 0 Å². The Morgan fingerprint density at radius 3 is 2.81 bits per heavy atom. The number of hydrogen-bond donors (Lipinski definition) is 1. The Balaban J connectivity index is 0.000000730. The van der Waals surface area contributed by atoms with Crippen LogP contribution in [0, 0.1) is 13.5 Å². The lowest BCUT2D eigenvalue weighted by molar-refractivity contribution is -0.122. The van der Waals surface area contributed by atoms with Crippen LogP contribution in [0.3, 0.4) is 0 Å². The van der Waals surface area contributed by atoms with Crippen LogP contribution in [0.15, 0.2) is 35.0 Å². The average Bonchev–Trinajstić information content (AvgIpc) is 3.46. The molecule has 1 aliphatic rings. The molecule has 1 fully saturated rings. The molecule has 0 saturated carbocycles. The molecule has 1 aliphatic heterocycles. The number of fused-ring (bicyclic) bond motifs is 3. The third kappa shape index (κ3) is 3.98. The predicted molar refractivity (Wildman–Crippen MR) is 115 cm³/mol. The van der Waals surface area contributed by atoms with Crippen molar-refractivity contribution < 1.29 is 14.4 Å². The van der Waals surface area contributed by atoms with Crippen molar-refractivity contribution in [3.05, 3.63) is 59.2 Å². The number of imidazole rings is 1. The molecule has 1 saturated heterocycles. The lowest BCUT2D eigenvalue weighted by atomic mass is 10.1. The van der Waals surface area contributed by atoms with E-state index in [1.165, 1.54) is 0 Å². The summed E-state index contributed by atoms with van der Waals surface area (Å²) in [5.41, 5.74) is 4.30. The fourth-order valence-corrected chi connectivity index (χ4v) is 4.19. The number of aryl methyl sites for hydroxylation is 1. The van der Waals surface area contributed by atoms with Crippen LogP contribution in [0.5, 0.6) is 0 Å². The predicted octanol–water partition coefficient (Wildman–Crippen LogP) is 3.60. The molecule has 0 spiro atoms. The molecule has 3 aromatic heterocycles. The molecule has 4 aromatic rings. The van der Waals surface area contributed by atoms with Crippen molar-refractivity contribution in [2.45, 2.75) is 25.8 Å². The van der Waals surface area contributed by atoms with Crippen molar-refractivity contribution in [2.75, 3.05) is 20.1 Å². The van der Waals surface area contributed by atoms with Crippen LogP contribution >= 0.6 is 0 Å². The van der Waals surface area contributed by atoms with Gasteiger partial charge in [0.1, 0.15) is 17.1 Å². The van der Waals surface area contributed by atoms with Crippen LogP contribution in [0.2, 0.25) is 0 Å². The van der Waals surface area contributed by atoms with Gasteiger partial charge in [0.15, 0.2) is 5.69 Å². The van der Waals surface area contributed by atoms with Crippen molar-refractivity contribution >= 4 is 34.1 Å². The zero-order chi connectivity index (χ0) is 22.0. The largest absolute Gasteiger partial charge is 0.483 e. The lowest BCUT2D eigenvalue weighted by Gasteiger charge is -2.17. The summed E-state index contributed by atoms with van der Waals surface area (Å²) in [4.78, 5) is 23.8. The van der Waals surface area contributed by atoms with Gasteiger partial charge in [-0.25, -0.2) is 9.83 Å². The number of pyridine rings is 1. The smallest absolute Gasteiger partial charge is 0.290 e. The second-order valence-corrected chi connectivity index (χ2v) is 7.62. The van der Waals surface area contributed by atoms with Crippen molar-refractivity contribution in [1.82, 2.24) is 24.6 Å². The molecular formula is C22H22N6O3. The zero-order valence-corrected chi connectivity index (χ0v) is 17.3. The van der Waals surface area contributed by atoms with E-state index in [0.29, 0.717) is 18.2 Å². The minimum atomic E-state index is -0.250. The molecule has 1 N–H and O–H groups in total. The number of hydrogen-bond acceptors (Lipinski definition) is 6. The zero-order valence-electron chi connectivity index (χ0n) is 17.3. The maximum Gasteiger partial charge on any atom is 0.290 e. The van der Waals surface area contributed by atoms with Gasteiger partial charge in [-0.05, 0) is 39.1 Å². The quantitative estimate of drug-likeness (QED) is 0.401. The van der Waals surface area contributed by atoms with Crippen LogP contribution in [-0.4, -0.2) is 56.3 Å². The van der Waals surface area contributed by atoms with E-state index < -0.39 is 0 Å². The summed E-state index contributed by atoms with van der Waals surface area (Å²) < 4.78 is 7.60. The Bertz CT molecular complexity index is 1290. The van der Waals surface area contributed by atoms with E-state index in [1.54, 1.807) is 0 Å². The van der Waals surface area contributed by atoms with Gasteiger partial charge in [-0.1, -0.05) is 11.2 Å². The van der Waals surface area contributed by atoms with Crippen LogP contribution < -0.4 is 0 Å². The summed E-state index contributed by atoms with van der Waals surface area (Å²) >= 11 is 0. The van der Waals surface area contributed by atoms with Gasteiger partial charge in [-0.15, -0.1) is 0 Å². The fourth-order valence-electron chi connectivity index (χ4n) is 4.19. The van der Waals surface area contributed by atoms with Crippen LogP contribution in [0.4, 0.5) is 5.69 Å². The third-order valence-corrected chi connectivity index (χ3v) is 5.45. The van der Waals surface area contributed by atoms with Crippen molar-refractivity contribution in [3.8, 4) is 0 Å². The first kappa shape index (κ1) is 20.5. The van der Waals surface area contributed by atoms with Gasteiger partial charge >= 0.3 is 0 Å². The number of likely N-dealkylation sites (tertiary alicyclic amines) is 1. The number of rotatable bonds is 3. The number of likely N-dealkylation sites (N-methyl/N-ethyl adjacent to an activating group) is 1. The van der Waals surface area contributed by atoms with Crippen molar-refractivity contribution in [2.24, 2.45) is 0 Å². The van der Waals surface area contributed by atoms with Gasteiger partial charge in [-0.2, -0.15) is 0 Å². The summed E-state index contributed by atoms with van der Waals surface area (Å²) in [5.74, 6) is 1.76. The molecule has 0 bridgehead atoms. The number of carboxylic acid groups (broad SMARTS) is 1. The molecular weight excluding hydrogens is 396 g/mol. The van der Waals surface area contributed by atoms with E-state index in [2.05, 4.69) is 31.5 Å².